The number of nitrogens with zero attached hydrogens (tertiary/aromatic N) is 4. The molecule has 0 bridgehead atoms. The zero-order valence-electron chi connectivity index (χ0n) is 19.9. The number of carbonyl (C=O) groups excluding carboxylic acids is 1. The molecule has 0 saturated carbocycles. The summed E-state index contributed by atoms with van der Waals surface area (Å²) in [7, 11) is 1.64. The van der Waals surface area contributed by atoms with E-state index in [1.54, 1.807) is 7.11 Å². The number of hydrazone groups is 1. The van der Waals surface area contributed by atoms with E-state index in [1.807, 2.05) is 73.0 Å². The highest BCUT2D eigenvalue weighted by Crippen LogP contribution is 2.25. The maximum Gasteiger partial charge on any atom is 0.250 e. The van der Waals surface area contributed by atoms with E-state index in [9.17, 15) is 4.79 Å². The fourth-order valence-corrected chi connectivity index (χ4v) is 4.34. The topological polar surface area (TPSA) is 81.4 Å². The Morgan fingerprint density at radius 3 is 2.26 bits per heavy atom. The third-order valence-corrected chi connectivity index (χ3v) is 6.44. The summed E-state index contributed by atoms with van der Waals surface area (Å²) in [4.78, 5) is 12.4. The molecule has 0 saturated heterocycles. The molecule has 8 heteroatoms. The van der Waals surface area contributed by atoms with Crippen molar-refractivity contribution >= 4 is 23.4 Å². The maximum atomic E-state index is 12.4. The SMILES string of the molecule is CCn1c(SCC(=O)NN=C(C)c2ccc(-c3ccccc3)cc2)nnc1-c1ccc(OC)cc1. The molecule has 0 spiro atoms. The molecular formula is C27H27N5O2S. The zero-order chi connectivity index (χ0) is 24.6. The van der Waals surface area contributed by atoms with Crippen LogP contribution in [-0.2, 0) is 11.3 Å². The van der Waals surface area contributed by atoms with Crippen molar-refractivity contribution in [1.29, 1.82) is 0 Å². The predicted molar refractivity (Wildman–Crippen MR) is 141 cm³/mol. The number of rotatable bonds is 9. The van der Waals surface area contributed by atoms with E-state index in [-0.39, 0.29) is 11.7 Å². The van der Waals surface area contributed by atoms with Gasteiger partial charge >= 0.3 is 0 Å². The van der Waals surface area contributed by atoms with Gasteiger partial charge in [-0.3, -0.25) is 4.79 Å². The van der Waals surface area contributed by atoms with Crippen LogP contribution in [0.1, 0.15) is 19.4 Å². The minimum Gasteiger partial charge on any atom is -0.497 e. The number of nitrogens with one attached hydrogen (secondary N) is 1. The molecule has 0 unspecified atom stereocenters. The molecule has 1 amide bonds. The molecule has 1 heterocycles. The predicted octanol–water partition coefficient (Wildman–Crippen LogP) is 5.27. The largest absolute Gasteiger partial charge is 0.497 e. The highest BCUT2D eigenvalue weighted by molar-refractivity contribution is 7.99. The number of hydrogen-bond donors (Lipinski definition) is 1. The third-order valence-electron chi connectivity index (χ3n) is 5.47. The summed E-state index contributed by atoms with van der Waals surface area (Å²) >= 11 is 1.33. The molecule has 0 aliphatic carbocycles. The van der Waals surface area contributed by atoms with Crippen LogP contribution in [0.4, 0.5) is 0 Å². The number of hydrogen-bond acceptors (Lipinski definition) is 6. The Morgan fingerprint density at radius 2 is 1.60 bits per heavy atom. The minimum atomic E-state index is -0.202. The zero-order valence-corrected chi connectivity index (χ0v) is 20.7. The Morgan fingerprint density at radius 1 is 0.943 bits per heavy atom. The lowest BCUT2D eigenvalue weighted by atomic mass is 10.0. The van der Waals surface area contributed by atoms with Gasteiger partial charge < -0.3 is 9.30 Å². The van der Waals surface area contributed by atoms with Gasteiger partial charge in [0.1, 0.15) is 5.75 Å². The van der Waals surface area contributed by atoms with Crippen molar-refractivity contribution in [3.05, 3.63) is 84.4 Å². The Hall–Kier alpha value is -3.91. The molecule has 4 aromatic rings. The van der Waals surface area contributed by atoms with Gasteiger partial charge in [-0.25, -0.2) is 5.43 Å². The van der Waals surface area contributed by atoms with Crippen LogP contribution in [0.2, 0.25) is 0 Å². The van der Waals surface area contributed by atoms with Crippen molar-refractivity contribution < 1.29 is 9.53 Å². The van der Waals surface area contributed by atoms with Gasteiger partial charge in [-0.15, -0.1) is 10.2 Å². The van der Waals surface area contributed by atoms with Crippen LogP contribution in [0.5, 0.6) is 5.75 Å². The highest BCUT2D eigenvalue weighted by Gasteiger charge is 2.14. The average molecular weight is 486 g/mol. The molecule has 3 aromatic carbocycles. The van der Waals surface area contributed by atoms with Gasteiger partial charge in [0, 0.05) is 12.1 Å². The van der Waals surface area contributed by atoms with Crippen LogP contribution in [0.3, 0.4) is 0 Å². The first-order chi connectivity index (χ1) is 17.1. The average Bonchev–Trinajstić information content (AvgIpc) is 3.34. The molecule has 0 aliphatic heterocycles. The second-order valence-corrected chi connectivity index (χ2v) is 8.69. The monoisotopic (exact) mass is 485 g/mol. The van der Waals surface area contributed by atoms with Crippen LogP contribution in [0.15, 0.2) is 89.1 Å². The van der Waals surface area contributed by atoms with Gasteiger partial charge in [0.2, 0.25) is 0 Å². The summed E-state index contributed by atoms with van der Waals surface area (Å²) in [5, 5.41) is 13.6. The van der Waals surface area contributed by atoms with Crippen molar-refractivity contribution in [1.82, 2.24) is 20.2 Å². The summed E-state index contributed by atoms with van der Waals surface area (Å²) in [6.07, 6.45) is 0. The number of methoxy groups -OCH3 is 1. The molecule has 0 fully saturated rings. The second-order valence-electron chi connectivity index (χ2n) is 7.74. The van der Waals surface area contributed by atoms with E-state index in [2.05, 4.69) is 45.0 Å². The van der Waals surface area contributed by atoms with Crippen LogP contribution in [-0.4, -0.2) is 39.2 Å². The Balaban J connectivity index is 1.35. The smallest absolute Gasteiger partial charge is 0.250 e. The van der Waals surface area contributed by atoms with Crippen LogP contribution in [0, 0.1) is 0 Å². The summed E-state index contributed by atoms with van der Waals surface area (Å²) < 4.78 is 7.21. The molecule has 7 nitrogen and oxygen atoms in total. The first kappa shape index (κ1) is 24.2. The normalized spacial score (nSPS) is 11.3. The number of aromatic nitrogens is 3. The van der Waals surface area contributed by atoms with Gasteiger partial charge in [-0.2, -0.15) is 5.10 Å². The van der Waals surface area contributed by atoms with Crippen LogP contribution in [0.25, 0.3) is 22.5 Å². The van der Waals surface area contributed by atoms with E-state index in [4.69, 9.17) is 4.74 Å². The lowest BCUT2D eigenvalue weighted by molar-refractivity contribution is -0.118. The van der Waals surface area contributed by atoms with Gasteiger partial charge in [-0.1, -0.05) is 66.4 Å². The Kier molecular flexibility index (Phi) is 7.95. The van der Waals surface area contributed by atoms with E-state index in [1.165, 1.54) is 11.8 Å². The van der Waals surface area contributed by atoms with Crippen LogP contribution >= 0.6 is 11.8 Å². The van der Waals surface area contributed by atoms with Crippen molar-refractivity contribution in [2.24, 2.45) is 5.10 Å². The lowest BCUT2D eigenvalue weighted by Gasteiger charge is -2.08. The molecule has 4 rings (SSSR count). The van der Waals surface area contributed by atoms with Gasteiger partial charge in [0.15, 0.2) is 11.0 Å². The van der Waals surface area contributed by atoms with Gasteiger partial charge in [-0.05, 0) is 54.8 Å². The van der Waals surface area contributed by atoms with Gasteiger partial charge in [0.05, 0.1) is 18.6 Å². The number of thioether (sulfide) groups is 1. The van der Waals surface area contributed by atoms with Crippen molar-refractivity contribution in [2.45, 2.75) is 25.5 Å². The second kappa shape index (κ2) is 11.5. The number of carbonyl (C=O) groups is 1. The number of amides is 1. The Labute approximate surface area is 209 Å². The molecule has 1 aromatic heterocycles. The molecular weight excluding hydrogens is 458 g/mol. The van der Waals surface area contributed by atoms with Crippen molar-refractivity contribution in [3.8, 4) is 28.3 Å². The molecule has 0 radical (unpaired) electrons. The molecule has 0 atom stereocenters. The third kappa shape index (κ3) is 5.96. The maximum absolute atomic E-state index is 12.4. The van der Waals surface area contributed by atoms with E-state index in [0.29, 0.717) is 11.7 Å². The van der Waals surface area contributed by atoms with Gasteiger partial charge in [0.25, 0.3) is 5.91 Å². The molecule has 178 valence electrons. The van der Waals surface area contributed by atoms with E-state index >= 15 is 0 Å². The van der Waals surface area contributed by atoms with Crippen LogP contribution < -0.4 is 10.2 Å². The summed E-state index contributed by atoms with van der Waals surface area (Å²) in [5.41, 5.74) is 7.57. The quantitative estimate of drug-likeness (QED) is 0.198. The summed E-state index contributed by atoms with van der Waals surface area (Å²) in [5.74, 6) is 1.52. The van der Waals surface area contributed by atoms with Crippen molar-refractivity contribution in [2.75, 3.05) is 12.9 Å². The lowest BCUT2D eigenvalue weighted by Crippen LogP contribution is -2.21. The molecule has 1 N–H and O–H groups in total. The summed E-state index contributed by atoms with van der Waals surface area (Å²) in [6, 6.07) is 26.0. The fourth-order valence-electron chi connectivity index (χ4n) is 3.54. The summed E-state index contributed by atoms with van der Waals surface area (Å²) in [6.45, 7) is 4.59. The number of benzene rings is 3. The van der Waals surface area contributed by atoms with Crippen molar-refractivity contribution in [3.63, 3.8) is 0 Å². The fraction of sp³-hybridized carbons (Fsp3) is 0.185. The molecule has 0 aliphatic rings. The Bertz CT molecular complexity index is 1300. The van der Waals surface area contributed by atoms with E-state index in [0.717, 1.165) is 39.5 Å². The van der Waals surface area contributed by atoms with E-state index < -0.39 is 0 Å². The first-order valence-electron chi connectivity index (χ1n) is 11.3. The number of ether oxygens (including phenoxy) is 1. The standard InChI is InChI=1S/C27H27N5O2S/c1-4-32-26(23-14-16-24(34-3)17-15-23)30-31-27(32)35-18-25(33)29-28-19(2)20-10-12-22(13-11-20)21-8-6-5-7-9-21/h5-17H,4,18H2,1-3H3,(H,29,33). The highest BCUT2D eigenvalue weighted by atomic mass is 32.2. The first-order valence-corrected chi connectivity index (χ1v) is 12.3. The minimum absolute atomic E-state index is 0.185. The molecule has 35 heavy (non-hydrogen) atoms.